The average molecular weight is 471 g/mol. The molecule has 29 heavy (non-hydrogen) atoms. The summed E-state index contributed by atoms with van der Waals surface area (Å²) < 4.78 is 21.1. The van der Waals surface area contributed by atoms with Crippen LogP contribution < -0.4 is 21.9 Å². The molecule has 2 rings (SSSR count). The maximum atomic E-state index is 14.3. The Morgan fingerprint density at radius 3 is 2.69 bits per heavy atom. The van der Waals surface area contributed by atoms with E-state index in [-0.39, 0.29) is 36.1 Å². The van der Waals surface area contributed by atoms with Crippen LogP contribution in [0.1, 0.15) is 30.6 Å². The monoisotopic (exact) mass is 470 g/mol. The fourth-order valence-electron chi connectivity index (χ4n) is 2.87. The summed E-state index contributed by atoms with van der Waals surface area (Å²) in [7, 11) is 1.50. The van der Waals surface area contributed by atoms with Crippen LogP contribution in [0, 0.1) is 11.7 Å². The van der Waals surface area contributed by atoms with Gasteiger partial charge in [-0.25, -0.2) is 9.18 Å². The van der Waals surface area contributed by atoms with Crippen LogP contribution in [-0.2, 0) is 11.3 Å². The third-order valence-corrected chi connectivity index (χ3v) is 4.66. The Morgan fingerprint density at radius 1 is 1.38 bits per heavy atom. The van der Waals surface area contributed by atoms with E-state index in [0.717, 1.165) is 11.0 Å². The summed E-state index contributed by atoms with van der Waals surface area (Å²) >= 11 is 3.22. The Labute approximate surface area is 175 Å². The number of carbonyl (C=O) groups excluding carboxylic acids is 1. The van der Waals surface area contributed by atoms with Crippen molar-refractivity contribution in [2.24, 2.45) is 5.92 Å². The van der Waals surface area contributed by atoms with Gasteiger partial charge in [-0.3, -0.25) is 19.1 Å². The summed E-state index contributed by atoms with van der Waals surface area (Å²) in [6.07, 6.45) is 0.375. The minimum atomic E-state index is -0.811. The molecule has 0 aliphatic heterocycles. The third-order valence-electron chi connectivity index (χ3n) is 4.17. The van der Waals surface area contributed by atoms with E-state index in [4.69, 9.17) is 10.5 Å². The standard InChI is InChI=1S/C19H24BrFN4O4/c1-11(2)10-25-16(22)15(17(26)23-19(25)28)24(7-4-8-29-3)18(27)13-9-12(20)5-6-14(13)21/h5-6,9,11H,4,7-8,10,22H2,1-3H3,(H,23,26,28). The predicted molar refractivity (Wildman–Crippen MR) is 113 cm³/mol. The van der Waals surface area contributed by atoms with Crippen molar-refractivity contribution in [3.63, 3.8) is 0 Å². The minimum absolute atomic E-state index is 0.0474. The van der Waals surface area contributed by atoms with Crippen molar-refractivity contribution < 1.29 is 13.9 Å². The van der Waals surface area contributed by atoms with E-state index in [1.807, 2.05) is 13.8 Å². The number of nitrogens with zero attached hydrogens (tertiary/aromatic N) is 2. The Kier molecular flexibility index (Phi) is 7.74. The van der Waals surface area contributed by atoms with Crippen LogP contribution in [0.25, 0.3) is 0 Å². The van der Waals surface area contributed by atoms with Crippen LogP contribution in [0.4, 0.5) is 15.9 Å². The van der Waals surface area contributed by atoms with E-state index in [2.05, 4.69) is 20.9 Å². The van der Waals surface area contributed by atoms with Crippen molar-refractivity contribution in [3.05, 3.63) is 54.9 Å². The highest BCUT2D eigenvalue weighted by molar-refractivity contribution is 9.10. The number of benzene rings is 1. The SMILES string of the molecule is COCCCN(C(=O)c1cc(Br)ccc1F)c1c(N)n(CC(C)C)c(=O)[nH]c1=O. The molecule has 1 heterocycles. The smallest absolute Gasteiger partial charge is 0.330 e. The Bertz CT molecular complexity index is 1000. The van der Waals surface area contributed by atoms with Gasteiger partial charge >= 0.3 is 5.69 Å². The fourth-order valence-corrected chi connectivity index (χ4v) is 3.23. The summed E-state index contributed by atoms with van der Waals surface area (Å²) in [5, 5.41) is 0. The molecular formula is C19H24BrFN4O4. The van der Waals surface area contributed by atoms with Gasteiger partial charge < -0.3 is 15.4 Å². The normalized spacial score (nSPS) is 11.1. The first-order valence-corrected chi connectivity index (χ1v) is 9.85. The largest absolute Gasteiger partial charge is 0.385 e. The third kappa shape index (κ3) is 5.33. The number of nitrogens with two attached hydrogens (primary N) is 1. The van der Waals surface area contributed by atoms with Gasteiger partial charge in [0, 0.05) is 31.3 Å². The second-order valence-electron chi connectivity index (χ2n) is 6.92. The first-order chi connectivity index (χ1) is 13.7. The van der Waals surface area contributed by atoms with Gasteiger partial charge in [0.25, 0.3) is 11.5 Å². The van der Waals surface area contributed by atoms with Crippen LogP contribution in [-0.4, -0.2) is 35.7 Å². The minimum Gasteiger partial charge on any atom is -0.385 e. The zero-order chi connectivity index (χ0) is 21.7. The lowest BCUT2D eigenvalue weighted by Crippen LogP contribution is -2.42. The number of nitrogen functional groups attached to an aromatic ring is 1. The number of hydrogen-bond acceptors (Lipinski definition) is 5. The molecule has 1 aromatic carbocycles. The van der Waals surface area contributed by atoms with Crippen LogP contribution in [0.3, 0.4) is 0 Å². The highest BCUT2D eigenvalue weighted by Gasteiger charge is 2.27. The summed E-state index contributed by atoms with van der Waals surface area (Å²) in [5.41, 5.74) is 4.25. The molecule has 0 aliphatic carbocycles. The second-order valence-corrected chi connectivity index (χ2v) is 7.84. The maximum Gasteiger partial charge on any atom is 0.330 e. The van der Waals surface area contributed by atoms with Gasteiger partial charge in [-0.05, 0) is 30.5 Å². The van der Waals surface area contributed by atoms with E-state index >= 15 is 0 Å². The van der Waals surface area contributed by atoms with E-state index in [1.165, 1.54) is 23.8 Å². The Balaban J connectivity index is 2.64. The van der Waals surface area contributed by atoms with Crippen molar-refractivity contribution in [2.45, 2.75) is 26.8 Å². The van der Waals surface area contributed by atoms with Crippen LogP contribution in [0.15, 0.2) is 32.3 Å². The second kappa shape index (κ2) is 9.84. The molecule has 0 aliphatic rings. The maximum absolute atomic E-state index is 14.3. The van der Waals surface area contributed by atoms with Gasteiger partial charge in [0.15, 0.2) is 5.69 Å². The molecule has 3 N–H and O–H groups in total. The number of methoxy groups -OCH3 is 1. The molecule has 0 bridgehead atoms. The molecule has 8 nitrogen and oxygen atoms in total. The molecule has 0 atom stereocenters. The van der Waals surface area contributed by atoms with Crippen LogP contribution in [0.5, 0.6) is 0 Å². The zero-order valence-corrected chi connectivity index (χ0v) is 18.1. The van der Waals surface area contributed by atoms with E-state index in [0.29, 0.717) is 17.5 Å². The number of carbonyl (C=O) groups is 1. The highest BCUT2D eigenvalue weighted by atomic mass is 79.9. The van der Waals surface area contributed by atoms with Gasteiger partial charge in [-0.2, -0.15) is 0 Å². The molecule has 0 saturated heterocycles. The molecule has 0 fully saturated rings. The molecule has 10 heteroatoms. The number of amides is 1. The highest BCUT2D eigenvalue weighted by Crippen LogP contribution is 2.23. The van der Waals surface area contributed by atoms with E-state index in [1.54, 1.807) is 0 Å². The molecule has 0 saturated carbocycles. The summed E-state index contributed by atoms with van der Waals surface area (Å²) in [4.78, 5) is 41.2. The van der Waals surface area contributed by atoms with Crippen molar-refractivity contribution in [1.82, 2.24) is 9.55 Å². The number of anilines is 2. The number of rotatable bonds is 8. The number of aromatic nitrogens is 2. The summed E-state index contributed by atoms with van der Waals surface area (Å²) in [5.74, 6) is -1.56. The predicted octanol–water partition coefficient (Wildman–Crippen LogP) is 2.36. The number of nitrogens with one attached hydrogen (secondary N) is 1. The number of aromatic amines is 1. The fraction of sp³-hybridized carbons (Fsp3) is 0.421. The number of H-pyrrole nitrogens is 1. The van der Waals surface area contributed by atoms with Crippen molar-refractivity contribution >= 4 is 33.3 Å². The molecular weight excluding hydrogens is 447 g/mol. The Hall–Kier alpha value is -2.46. The number of hydrogen-bond donors (Lipinski definition) is 2. The molecule has 0 radical (unpaired) electrons. The lowest BCUT2D eigenvalue weighted by atomic mass is 10.1. The van der Waals surface area contributed by atoms with Gasteiger partial charge in [0.2, 0.25) is 0 Å². The molecule has 1 aromatic heterocycles. The van der Waals surface area contributed by atoms with Crippen molar-refractivity contribution in [3.8, 4) is 0 Å². The van der Waals surface area contributed by atoms with Crippen LogP contribution in [0.2, 0.25) is 0 Å². The van der Waals surface area contributed by atoms with Gasteiger partial charge in [-0.15, -0.1) is 0 Å². The van der Waals surface area contributed by atoms with Gasteiger partial charge in [-0.1, -0.05) is 29.8 Å². The number of ether oxygens (including phenoxy) is 1. The average Bonchev–Trinajstić information content (AvgIpc) is 2.65. The van der Waals surface area contributed by atoms with E-state index < -0.39 is 23.0 Å². The number of halogens is 2. The first-order valence-electron chi connectivity index (χ1n) is 9.05. The molecule has 0 spiro atoms. The van der Waals surface area contributed by atoms with Gasteiger partial charge in [0.05, 0.1) is 5.56 Å². The summed E-state index contributed by atoms with van der Waals surface area (Å²) in [6, 6.07) is 3.94. The van der Waals surface area contributed by atoms with Crippen molar-refractivity contribution in [1.29, 1.82) is 0 Å². The lowest BCUT2D eigenvalue weighted by Gasteiger charge is -2.25. The first kappa shape index (κ1) is 22.8. The van der Waals surface area contributed by atoms with Gasteiger partial charge in [0.1, 0.15) is 11.6 Å². The topological polar surface area (TPSA) is 110 Å². The zero-order valence-electron chi connectivity index (χ0n) is 16.5. The molecule has 2 aromatic rings. The van der Waals surface area contributed by atoms with Crippen LogP contribution >= 0.6 is 15.9 Å². The molecule has 0 unspecified atom stereocenters. The van der Waals surface area contributed by atoms with E-state index in [9.17, 15) is 18.8 Å². The molecule has 1 amide bonds. The van der Waals surface area contributed by atoms with Crippen molar-refractivity contribution in [2.75, 3.05) is 30.9 Å². The molecule has 158 valence electrons. The Morgan fingerprint density at radius 2 is 2.07 bits per heavy atom. The lowest BCUT2D eigenvalue weighted by molar-refractivity contribution is 0.0979. The summed E-state index contributed by atoms with van der Waals surface area (Å²) in [6.45, 7) is 4.38. The quantitative estimate of drug-likeness (QED) is 0.575.